The normalized spacial score (nSPS) is 29.9. The number of unbranched alkanes of at least 4 members (excludes halogenated alkanes) is 14. The zero-order valence-electron chi connectivity index (χ0n) is 31.3. The van der Waals surface area contributed by atoms with E-state index in [0.717, 1.165) is 32.1 Å². The Morgan fingerprint density at radius 3 is 1.54 bits per heavy atom. The summed E-state index contributed by atoms with van der Waals surface area (Å²) in [6.07, 6.45) is 1.23. The van der Waals surface area contributed by atoms with Gasteiger partial charge in [0.1, 0.15) is 55.4 Å². The van der Waals surface area contributed by atoms with Gasteiger partial charge in [-0.25, -0.2) is 0 Å². The van der Waals surface area contributed by atoms with Crippen LogP contribution >= 0.6 is 0 Å². The Labute approximate surface area is 308 Å². The molecule has 0 saturated carbocycles. The lowest BCUT2D eigenvalue weighted by atomic mass is 9.98. The molecule has 0 aromatic rings. The van der Waals surface area contributed by atoms with Gasteiger partial charge in [-0.1, -0.05) is 104 Å². The van der Waals surface area contributed by atoms with Gasteiger partial charge in [0.05, 0.1) is 19.8 Å². The lowest BCUT2D eigenvalue weighted by molar-refractivity contribution is -0.332. The van der Waals surface area contributed by atoms with Crippen molar-refractivity contribution in [2.24, 2.45) is 0 Å². The molecule has 0 spiro atoms. The fraction of sp³-hybridized carbons (Fsp3) is 0.946. The highest BCUT2D eigenvalue weighted by Crippen LogP contribution is 2.26. The first kappa shape index (κ1) is 46.7. The standard InChI is InChI=1S/C37H68O15/c1-3-5-7-8-9-10-11-12-13-14-15-16-18-20-29(40)50-25(22-47-28(39)19-17-6-4-2)23-48-36-35(46)33(44)31(42)27(52-36)24-49-37-34(45)32(43)30(41)26(21-38)51-37/h25-27,30-38,41-46H,3-24H2,1-2H3. The first-order valence-electron chi connectivity index (χ1n) is 19.6. The van der Waals surface area contributed by atoms with Crippen LogP contribution in [0, 0.1) is 0 Å². The molecule has 11 atom stereocenters. The molecule has 11 unspecified atom stereocenters. The van der Waals surface area contributed by atoms with E-state index in [1.807, 2.05) is 6.92 Å². The van der Waals surface area contributed by atoms with Crippen molar-refractivity contribution in [2.45, 2.75) is 197 Å². The Morgan fingerprint density at radius 1 is 0.538 bits per heavy atom. The molecular formula is C37H68O15. The van der Waals surface area contributed by atoms with E-state index in [4.69, 9.17) is 28.4 Å². The third-order valence-corrected chi connectivity index (χ3v) is 9.59. The van der Waals surface area contributed by atoms with Gasteiger partial charge in [0.25, 0.3) is 0 Å². The molecule has 0 aliphatic carbocycles. The van der Waals surface area contributed by atoms with E-state index < -0.39 is 92.7 Å². The largest absolute Gasteiger partial charge is 0.462 e. The number of esters is 2. The van der Waals surface area contributed by atoms with E-state index in [2.05, 4.69) is 6.92 Å². The molecule has 15 nitrogen and oxygen atoms in total. The summed E-state index contributed by atoms with van der Waals surface area (Å²) in [5.41, 5.74) is 0. The Kier molecular flexibility index (Phi) is 24.3. The van der Waals surface area contributed by atoms with Crippen molar-refractivity contribution in [3.8, 4) is 0 Å². The fourth-order valence-electron chi connectivity index (χ4n) is 6.21. The van der Waals surface area contributed by atoms with Crippen LogP contribution in [0.15, 0.2) is 0 Å². The summed E-state index contributed by atoms with van der Waals surface area (Å²) >= 11 is 0. The van der Waals surface area contributed by atoms with E-state index in [1.54, 1.807) is 0 Å². The molecule has 0 bridgehead atoms. The summed E-state index contributed by atoms with van der Waals surface area (Å²) in [4.78, 5) is 25.0. The van der Waals surface area contributed by atoms with E-state index >= 15 is 0 Å². The summed E-state index contributed by atoms with van der Waals surface area (Å²) in [5, 5.41) is 71.3. The summed E-state index contributed by atoms with van der Waals surface area (Å²) in [5.74, 6) is -0.950. The Bertz CT molecular complexity index is 939. The summed E-state index contributed by atoms with van der Waals surface area (Å²) in [7, 11) is 0. The minimum atomic E-state index is -1.75. The van der Waals surface area contributed by atoms with Crippen LogP contribution in [0.25, 0.3) is 0 Å². The van der Waals surface area contributed by atoms with Crippen LogP contribution in [0.2, 0.25) is 0 Å². The quantitative estimate of drug-likeness (QED) is 0.0449. The highest BCUT2D eigenvalue weighted by molar-refractivity contribution is 5.70. The van der Waals surface area contributed by atoms with Gasteiger partial charge in [-0.05, 0) is 12.8 Å². The molecule has 0 aromatic heterocycles. The van der Waals surface area contributed by atoms with Gasteiger partial charge in [-0.3, -0.25) is 9.59 Å². The van der Waals surface area contributed by atoms with Crippen molar-refractivity contribution < 1.29 is 73.8 Å². The Morgan fingerprint density at radius 2 is 0.981 bits per heavy atom. The van der Waals surface area contributed by atoms with Crippen LogP contribution in [0.1, 0.15) is 129 Å². The van der Waals surface area contributed by atoms with Gasteiger partial charge < -0.3 is 64.2 Å². The van der Waals surface area contributed by atoms with Crippen LogP contribution < -0.4 is 0 Å². The molecule has 52 heavy (non-hydrogen) atoms. The van der Waals surface area contributed by atoms with Gasteiger partial charge in [0.15, 0.2) is 18.7 Å². The average molecular weight is 753 g/mol. The Balaban J connectivity index is 1.84. The molecule has 0 amide bonds. The number of carbonyl (C=O) groups excluding carboxylic acids is 2. The first-order chi connectivity index (χ1) is 25.0. The molecule has 2 saturated heterocycles. The van der Waals surface area contributed by atoms with Gasteiger partial charge in [-0.2, -0.15) is 0 Å². The van der Waals surface area contributed by atoms with Gasteiger partial charge in [-0.15, -0.1) is 0 Å². The van der Waals surface area contributed by atoms with Gasteiger partial charge >= 0.3 is 11.9 Å². The van der Waals surface area contributed by atoms with Crippen LogP contribution in [0.3, 0.4) is 0 Å². The van der Waals surface area contributed by atoms with E-state index in [9.17, 15) is 45.3 Å². The second-order valence-corrected chi connectivity index (χ2v) is 14.1. The van der Waals surface area contributed by atoms with Crippen molar-refractivity contribution >= 4 is 11.9 Å². The van der Waals surface area contributed by atoms with Crippen LogP contribution in [-0.2, 0) is 38.0 Å². The lowest BCUT2D eigenvalue weighted by Crippen LogP contribution is -2.61. The highest BCUT2D eigenvalue weighted by Gasteiger charge is 2.47. The van der Waals surface area contributed by atoms with Crippen molar-refractivity contribution in [3.05, 3.63) is 0 Å². The number of hydrogen-bond acceptors (Lipinski definition) is 15. The topological polar surface area (TPSA) is 231 Å². The van der Waals surface area contributed by atoms with Gasteiger partial charge in [0.2, 0.25) is 0 Å². The van der Waals surface area contributed by atoms with Crippen LogP contribution in [0.5, 0.6) is 0 Å². The summed E-state index contributed by atoms with van der Waals surface area (Å²) in [6, 6.07) is 0. The molecule has 306 valence electrons. The third kappa shape index (κ3) is 17.3. The highest BCUT2D eigenvalue weighted by atomic mass is 16.7. The second-order valence-electron chi connectivity index (χ2n) is 14.1. The Hall–Kier alpha value is -1.50. The predicted octanol–water partition coefficient (Wildman–Crippen LogP) is 2.14. The van der Waals surface area contributed by atoms with Crippen molar-refractivity contribution in [1.29, 1.82) is 0 Å². The molecule has 2 aliphatic heterocycles. The van der Waals surface area contributed by atoms with E-state index in [1.165, 1.54) is 57.8 Å². The van der Waals surface area contributed by atoms with Crippen molar-refractivity contribution in [2.75, 3.05) is 26.4 Å². The molecule has 2 heterocycles. The van der Waals surface area contributed by atoms with Crippen molar-refractivity contribution in [1.82, 2.24) is 0 Å². The van der Waals surface area contributed by atoms with E-state index in [-0.39, 0.29) is 26.1 Å². The van der Waals surface area contributed by atoms with Crippen LogP contribution in [-0.4, -0.2) is 142 Å². The molecule has 2 aliphatic rings. The minimum Gasteiger partial charge on any atom is -0.462 e. The lowest BCUT2D eigenvalue weighted by Gasteiger charge is -2.42. The first-order valence-corrected chi connectivity index (χ1v) is 19.6. The third-order valence-electron chi connectivity index (χ3n) is 9.59. The average Bonchev–Trinajstić information content (AvgIpc) is 3.13. The number of aliphatic hydroxyl groups is 7. The molecule has 2 rings (SSSR count). The number of rotatable bonds is 28. The SMILES string of the molecule is CCCCCCCCCCCCCCCC(=O)OC(COC(=O)CCCCC)COC1OC(COC2OC(CO)C(O)C(O)C2O)C(O)C(O)C1O. The maximum Gasteiger partial charge on any atom is 0.306 e. The summed E-state index contributed by atoms with van der Waals surface area (Å²) in [6.45, 7) is 2.36. The molecule has 7 N–H and O–H groups in total. The fourth-order valence-corrected chi connectivity index (χ4v) is 6.21. The predicted molar refractivity (Wildman–Crippen MR) is 188 cm³/mol. The molecule has 0 aromatic carbocycles. The zero-order chi connectivity index (χ0) is 38.3. The maximum absolute atomic E-state index is 12.8. The number of ether oxygens (including phenoxy) is 6. The van der Waals surface area contributed by atoms with Crippen LogP contribution in [0.4, 0.5) is 0 Å². The number of hydrogen-bond donors (Lipinski definition) is 7. The number of aliphatic hydroxyl groups excluding tert-OH is 7. The second kappa shape index (κ2) is 27.1. The summed E-state index contributed by atoms with van der Waals surface area (Å²) < 4.78 is 33.0. The minimum absolute atomic E-state index is 0.170. The number of carbonyl (C=O) groups is 2. The van der Waals surface area contributed by atoms with Gasteiger partial charge in [0, 0.05) is 12.8 Å². The smallest absolute Gasteiger partial charge is 0.306 e. The molecule has 0 radical (unpaired) electrons. The molecule has 2 fully saturated rings. The molecular weight excluding hydrogens is 684 g/mol. The molecule has 15 heteroatoms. The van der Waals surface area contributed by atoms with E-state index in [0.29, 0.717) is 12.8 Å². The van der Waals surface area contributed by atoms with Crippen molar-refractivity contribution in [3.63, 3.8) is 0 Å². The zero-order valence-corrected chi connectivity index (χ0v) is 31.3. The monoisotopic (exact) mass is 752 g/mol. The maximum atomic E-state index is 12.8.